The van der Waals surface area contributed by atoms with Crippen molar-refractivity contribution in [1.82, 2.24) is 0 Å². The molecule has 0 aliphatic heterocycles. The normalized spacial score (nSPS) is 10.8. The van der Waals surface area contributed by atoms with Crippen LogP contribution in [0.1, 0.15) is 51.5 Å². The molecule has 0 atom stereocenters. The molecule has 1 aromatic carbocycles. The third-order valence-corrected chi connectivity index (χ3v) is 3.53. The summed E-state index contributed by atoms with van der Waals surface area (Å²) in [6.45, 7) is 7.19. The summed E-state index contributed by atoms with van der Waals surface area (Å²) in [7, 11) is 0. The molecule has 0 aliphatic rings. The molecule has 112 valence electrons. The second-order valence-electron chi connectivity index (χ2n) is 5.73. The van der Waals surface area contributed by atoms with E-state index in [-0.39, 0.29) is 10.6 Å². The fourth-order valence-corrected chi connectivity index (χ4v) is 2.27. The maximum Gasteiger partial charge on any atom is 0.274 e. The number of hydrogen-bond acceptors (Lipinski definition) is 3. The minimum atomic E-state index is -0.327. The van der Waals surface area contributed by atoms with Crippen molar-refractivity contribution in [1.29, 1.82) is 0 Å². The molecule has 0 spiro atoms. The topological polar surface area (TPSA) is 55.2 Å². The lowest BCUT2D eigenvalue weighted by atomic mass is 10.0. The molecule has 1 rings (SSSR count). The predicted molar refractivity (Wildman–Crippen MR) is 84.2 cm³/mol. The van der Waals surface area contributed by atoms with Crippen LogP contribution in [-0.2, 0) is 0 Å². The van der Waals surface area contributed by atoms with Crippen LogP contribution in [0, 0.1) is 23.0 Å². The Kier molecular flexibility index (Phi) is 7.05. The van der Waals surface area contributed by atoms with Crippen LogP contribution in [0.15, 0.2) is 18.2 Å². The Bertz CT molecular complexity index is 430. The smallest absolute Gasteiger partial charge is 0.274 e. The highest BCUT2D eigenvalue weighted by Gasteiger charge is 2.12. The van der Waals surface area contributed by atoms with Gasteiger partial charge in [-0.3, -0.25) is 10.1 Å². The molecule has 20 heavy (non-hydrogen) atoms. The van der Waals surface area contributed by atoms with Gasteiger partial charge in [-0.2, -0.15) is 0 Å². The van der Waals surface area contributed by atoms with Crippen molar-refractivity contribution in [2.45, 2.75) is 52.9 Å². The van der Waals surface area contributed by atoms with Crippen LogP contribution in [0.2, 0.25) is 0 Å². The van der Waals surface area contributed by atoms with Crippen LogP contribution < -0.4 is 5.32 Å². The van der Waals surface area contributed by atoms with E-state index in [4.69, 9.17) is 0 Å². The lowest BCUT2D eigenvalue weighted by Gasteiger charge is -2.09. The van der Waals surface area contributed by atoms with Gasteiger partial charge in [-0.1, -0.05) is 45.6 Å². The molecular formula is C16H26N2O2. The number of benzene rings is 1. The van der Waals surface area contributed by atoms with E-state index in [1.165, 1.54) is 25.7 Å². The number of unbranched alkanes of at least 4 members (excludes halogenated alkanes) is 3. The Morgan fingerprint density at radius 3 is 2.55 bits per heavy atom. The Morgan fingerprint density at radius 2 is 1.90 bits per heavy atom. The molecule has 0 radical (unpaired) electrons. The van der Waals surface area contributed by atoms with Gasteiger partial charge in [0.15, 0.2) is 0 Å². The molecule has 0 heterocycles. The van der Waals surface area contributed by atoms with Gasteiger partial charge >= 0.3 is 0 Å². The van der Waals surface area contributed by atoms with Gasteiger partial charge < -0.3 is 5.32 Å². The third kappa shape index (κ3) is 5.59. The summed E-state index contributed by atoms with van der Waals surface area (Å²) in [5, 5.41) is 14.2. The lowest BCUT2D eigenvalue weighted by Crippen LogP contribution is -2.04. The van der Waals surface area contributed by atoms with E-state index in [9.17, 15) is 10.1 Å². The number of nitrogens with one attached hydrogen (secondary N) is 1. The lowest BCUT2D eigenvalue weighted by molar-refractivity contribution is -0.385. The van der Waals surface area contributed by atoms with E-state index in [1.807, 2.05) is 6.07 Å². The Hall–Kier alpha value is -1.58. The Morgan fingerprint density at radius 1 is 1.20 bits per heavy atom. The zero-order chi connectivity index (χ0) is 15.0. The molecule has 0 aliphatic carbocycles. The van der Waals surface area contributed by atoms with Gasteiger partial charge in [0.2, 0.25) is 0 Å². The first-order valence-electron chi connectivity index (χ1n) is 7.50. The molecule has 4 nitrogen and oxygen atoms in total. The quantitative estimate of drug-likeness (QED) is 0.396. The molecule has 0 bridgehead atoms. The molecule has 1 N–H and O–H groups in total. The third-order valence-electron chi connectivity index (χ3n) is 3.53. The van der Waals surface area contributed by atoms with Crippen molar-refractivity contribution in [2.75, 3.05) is 11.9 Å². The molecule has 0 unspecified atom stereocenters. The number of rotatable bonds is 9. The number of nitrogens with zero attached hydrogens (tertiary/aromatic N) is 1. The van der Waals surface area contributed by atoms with Crippen molar-refractivity contribution in [2.24, 2.45) is 5.92 Å². The van der Waals surface area contributed by atoms with Gasteiger partial charge in [-0.15, -0.1) is 0 Å². The highest BCUT2D eigenvalue weighted by atomic mass is 16.6. The molecule has 1 aromatic rings. The molecule has 0 fully saturated rings. The number of anilines is 1. The fourth-order valence-electron chi connectivity index (χ4n) is 2.27. The maximum atomic E-state index is 10.9. The second kappa shape index (κ2) is 8.56. The monoisotopic (exact) mass is 278 g/mol. The molecule has 0 saturated heterocycles. The summed E-state index contributed by atoms with van der Waals surface area (Å²) in [5.74, 6) is 0.792. The van der Waals surface area contributed by atoms with Crippen LogP contribution in [0.25, 0.3) is 0 Å². The summed E-state index contributed by atoms with van der Waals surface area (Å²) < 4.78 is 0. The Balaban J connectivity index is 2.29. The van der Waals surface area contributed by atoms with Crippen LogP contribution >= 0.6 is 0 Å². The molecule has 4 heteroatoms. The first-order chi connectivity index (χ1) is 9.52. The van der Waals surface area contributed by atoms with Crippen molar-refractivity contribution >= 4 is 11.4 Å². The number of hydrogen-bond donors (Lipinski definition) is 1. The summed E-state index contributed by atoms with van der Waals surface area (Å²) in [6, 6.07) is 5.18. The van der Waals surface area contributed by atoms with E-state index in [2.05, 4.69) is 19.2 Å². The summed E-state index contributed by atoms with van der Waals surface area (Å²) >= 11 is 0. The predicted octanol–water partition coefficient (Wildman–Crippen LogP) is 4.92. The van der Waals surface area contributed by atoms with Gasteiger partial charge in [0.1, 0.15) is 0 Å². The van der Waals surface area contributed by atoms with Crippen LogP contribution in [-0.4, -0.2) is 11.5 Å². The van der Waals surface area contributed by atoms with Gasteiger partial charge in [0.05, 0.1) is 4.92 Å². The van der Waals surface area contributed by atoms with E-state index >= 15 is 0 Å². The van der Waals surface area contributed by atoms with Gasteiger partial charge in [0.25, 0.3) is 5.69 Å². The molecule has 0 saturated carbocycles. The zero-order valence-electron chi connectivity index (χ0n) is 12.8. The van der Waals surface area contributed by atoms with Crippen molar-refractivity contribution in [3.63, 3.8) is 0 Å². The molecule has 0 amide bonds. The fraction of sp³-hybridized carbons (Fsp3) is 0.625. The van der Waals surface area contributed by atoms with Crippen molar-refractivity contribution in [3.8, 4) is 0 Å². The van der Waals surface area contributed by atoms with Crippen LogP contribution in [0.5, 0.6) is 0 Å². The highest BCUT2D eigenvalue weighted by Crippen LogP contribution is 2.25. The van der Waals surface area contributed by atoms with Gasteiger partial charge in [0, 0.05) is 23.9 Å². The van der Waals surface area contributed by atoms with E-state index in [0.29, 0.717) is 0 Å². The minimum Gasteiger partial charge on any atom is -0.385 e. The summed E-state index contributed by atoms with van der Waals surface area (Å²) in [5.41, 5.74) is 1.78. The summed E-state index contributed by atoms with van der Waals surface area (Å²) in [6.07, 6.45) is 6.20. The first-order valence-corrected chi connectivity index (χ1v) is 7.50. The summed E-state index contributed by atoms with van der Waals surface area (Å²) in [4.78, 5) is 10.5. The SMILES string of the molecule is Cc1c(NCCCCCCC(C)C)cccc1[N+](=O)[O-]. The van der Waals surface area contributed by atoms with Crippen molar-refractivity contribution < 1.29 is 4.92 Å². The van der Waals surface area contributed by atoms with Crippen LogP contribution in [0.3, 0.4) is 0 Å². The van der Waals surface area contributed by atoms with Crippen LogP contribution in [0.4, 0.5) is 11.4 Å². The number of nitro groups is 1. The van der Waals surface area contributed by atoms with Gasteiger partial charge in [-0.25, -0.2) is 0 Å². The number of nitro benzene ring substituents is 1. The largest absolute Gasteiger partial charge is 0.385 e. The molecular weight excluding hydrogens is 252 g/mol. The van der Waals surface area contributed by atoms with Crippen molar-refractivity contribution in [3.05, 3.63) is 33.9 Å². The Labute approximate surface area is 121 Å². The van der Waals surface area contributed by atoms with E-state index in [1.54, 1.807) is 19.1 Å². The second-order valence-corrected chi connectivity index (χ2v) is 5.73. The van der Waals surface area contributed by atoms with E-state index in [0.717, 1.165) is 30.1 Å². The maximum absolute atomic E-state index is 10.9. The highest BCUT2D eigenvalue weighted by molar-refractivity contribution is 5.59. The molecule has 0 aromatic heterocycles. The standard InChI is InChI=1S/C16H26N2O2/c1-13(2)9-6-4-5-7-12-17-15-10-8-11-16(14(15)3)18(19)20/h8,10-11,13,17H,4-7,9,12H2,1-3H3. The van der Waals surface area contributed by atoms with E-state index < -0.39 is 0 Å². The minimum absolute atomic E-state index is 0.187. The first kappa shape index (κ1) is 16.5. The average molecular weight is 278 g/mol. The zero-order valence-corrected chi connectivity index (χ0v) is 12.8. The van der Waals surface area contributed by atoms with Gasteiger partial charge in [-0.05, 0) is 25.3 Å². The average Bonchev–Trinajstić information content (AvgIpc) is 2.38.